The van der Waals surface area contributed by atoms with E-state index in [-0.39, 0.29) is 5.91 Å². The van der Waals surface area contributed by atoms with Crippen molar-refractivity contribution in [1.82, 2.24) is 15.1 Å². The van der Waals surface area contributed by atoms with Gasteiger partial charge in [-0.25, -0.2) is 0 Å². The number of hydrogen-bond acceptors (Lipinski definition) is 3. The van der Waals surface area contributed by atoms with E-state index in [2.05, 4.69) is 10.2 Å². The summed E-state index contributed by atoms with van der Waals surface area (Å²) in [6, 6.07) is 0. The third-order valence-corrected chi connectivity index (χ3v) is 3.31. The van der Waals surface area contributed by atoms with Gasteiger partial charge in [-0.3, -0.25) is 9.89 Å². The van der Waals surface area contributed by atoms with E-state index in [9.17, 15) is 4.79 Å². The number of amides is 1. The molecule has 1 amide bonds. The Hall–Kier alpha value is -1.36. The molecule has 18 heavy (non-hydrogen) atoms. The maximum absolute atomic E-state index is 12.2. The Morgan fingerprint density at radius 1 is 1.50 bits per heavy atom. The van der Waals surface area contributed by atoms with Gasteiger partial charge < -0.3 is 9.64 Å². The van der Waals surface area contributed by atoms with Gasteiger partial charge >= 0.3 is 0 Å². The Kier molecular flexibility index (Phi) is 4.01. The number of nitrogens with zero attached hydrogens (tertiary/aromatic N) is 2. The van der Waals surface area contributed by atoms with Crippen LogP contribution in [0.1, 0.15) is 34.6 Å². The summed E-state index contributed by atoms with van der Waals surface area (Å²) in [5, 5.41) is 6.88. The monoisotopic (exact) mass is 251 g/mol. The molecule has 1 N–H and O–H groups in total. The van der Waals surface area contributed by atoms with Crippen molar-refractivity contribution in [3.8, 4) is 0 Å². The van der Waals surface area contributed by atoms with Crippen LogP contribution in [0.5, 0.6) is 0 Å². The quantitative estimate of drug-likeness (QED) is 0.780. The first kappa shape index (κ1) is 13.1. The minimum atomic E-state index is 0.00812. The summed E-state index contributed by atoms with van der Waals surface area (Å²) >= 11 is 0. The molecule has 0 aromatic carbocycles. The second-order valence-corrected chi connectivity index (χ2v) is 5.05. The summed E-state index contributed by atoms with van der Waals surface area (Å²) in [5.41, 5.74) is 2.26. The molecule has 0 spiro atoms. The van der Waals surface area contributed by atoms with E-state index in [0.717, 1.165) is 23.9 Å². The van der Waals surface area contributed by atoms with Gasteiger partial charge in [-0.05, 0) is 32.6 Å². The maximum Gasteiger partial charge on any atom is 0.257 e. The molecule has 1 aliphatic carbocycles. The van der Waals surface area contributed by atoms with Gasteiger partial charge in [0.05, 0.1) is 17.9 Å². The zero-order valence-electron chi connectivity index (χ0n) is 11.3. The third kappa shape index (κ3) is 3.10. The largest absolute Gasteiger partial charge is 0.379 e. The summed E-state index contributed by atoms with van der Waals surface area (Å²) in [5.74, 6) is 0.776. The highest BCUT2D eigenvalue weighted by Crippen LogP contribution is 2.28. The van der Waals surface area contributed by atoms with E-state index in [0.29, 0.717) is 18.7 Å². The summed E-state index contributed by atoms with van der Waals surface area (Å²) in [6.45, 7) is 5.77. The molecule has 2 rings (SSSR count). The van der Waals surface area contributed by atoms with Gasteiger partial charge in [0, 0.05) is 25.9 Å². The summed E-state index contributed by atoms with van der Waals surface area (Å²) in [7, 11) is 1.80. The number of rotatable bonds is 6. The molecule has 1 saturated carbocycles. The lowest BCUT2D eigenvalue weighted by atomic mass is 10.2. The van der Waals surface area contributed by atoms with Gasteiger partial charge in [0.1, 0.15) is 0 Å². The predicted molar refractivity (Wildman–Crippen MR) is 68.6 cm³/mol. The Morgan fingerprint density at radius 2 is 2.22 bits per heavy atom. The molecule has 0 radical (unpaired) electrons. The van der Waals surface area contributed by atoms with Gasteiger partial charge in [-0.1, -0.05) is 0 Å². The maximum atomic E-state index is 12.2. The molecule has 0 aliphatic heterocycles. The number of aromatic nitrogens is 2. The van der Waals surface area contributed by atoms with Crippen LogP contribution in [0.2, 0.25) is 0 Å². The highest BCUT2D eigenvalue weighted by molar-refractivity contribution is 5.96. The average molecular weight is 251 g/mol. The first-order chi connectivity index (χ1) is 8.59. The molecule has 0 unspecified atom stereocenters. The van der Waals surface area contributed by atoms with Gasteiger partial charge in [-0.2, -0.15) is 5.10 Å². The van der Waals surface area contributed by atoms with Crippen molar-refractivity contribution in [1.29, 1.82) is 0 Å². The lowest BCUT2D eigenvalue weighted by Crippen LogP contribution is -2.31. The number of H-pyrrole nitrogens is 1. The van der Waals surface area contributed by atoms with Gasteiger partial charge in [0.15, 0.2) is 0 Å². The van der Waals surface area contributed by atoms with E-state index in [1.165, 1.54) is 12.8 Å². The molecule has 0 atom stereocenters. The van der Waals surface area contributed by atoms with Crippen molar-refractivity contribution in [2.75, 3.05) is 26.8 Å². The summed E-state index contributed by atoms with van der Waals surface area (Å²) in [4.78, 5) is 13.9. The smallest absolute Gasteiger partial charge is 0.257 e. The molecular formula is C13H21N3O2. The topological polar surface area (TPSA) is 58.2 Å². The number of ether oxygens (including phenoxy) is 1. The minimum Gasteiger partial charge on any atom is -0.379 e. The van der Waals surface area contributed by atoms with Crippen LogP contribution in [0.25, 0.3) is 0 Å². The molecule has 100 valence electrons. The van der Waals surface area contributed by atoms with Crippen molar-refractivity contribution in [2.24, 2.45) is 5.92 Å². The number of likely N-dealkylation sites (N-methyl/N-ethyl adjacent to an activating group) is 1. The van der Waals surface area contributed by atoms with Crippen molar-refractivity contribution < 1.29 is 9.53 Å². The van der Waals surface area contributed by atoms with E-state index >= 15 is 0 Å². The molecule has 0 saturated heterocycles. The average Bonchev–Trinajstić information content (AvgIpc) is 3.10. The molecule has 1 fully saturated rings. The van der Waals surface area contributed by atoms with Crippen molar-refractivity contribution in [3.05, 3.63) is 17.0 Å². The zero-order valence-corrected chi connectivity index (χ0v) is 11.3. The SMILES string of the molecule is Cc1n[nH]c(C)c1C(=O)N(C)CCOCC1CC1. The Balaban J connectivity index is 1.80. The lowest BCUT2D eigenvalue weighted by Gasteiger charge is -2.17. The highest BCUT2D eigenvalue weighted by Gasteiger charge is 2.22. The number of nitrogens with one attached hydrogen (secondary N) is 1. The van der Waals surface area contributed by atoms with Crippen LogP contribution in [0, 0.1) is 19.8 Å². The van der Waals surface area contributed by atoms with E-state index in [1.54, 1.807) is 11.9 Å². The zero-order chi connectivity index (χ0) is 13.1. The van der Waals surface area contributed by atoms with Crippen molar-refractivity contribution >= 4 is 5.91 Å². The second-order valence-electron chi connectivity index (χ2n) is 5.05. The summed E-state index contributed by atoms with van der Waals surface area (Å²) in [6.07, 6.45) is 2.59. The molecule has 1 aromatic rings. The molecule has 5 nitrogen and oxygen atoms in total. The standard InChI is InChI=1S/C13H21N3O2/c1-9-12(10(2)15-14-9)13(17)16(3)6-7-18-8-11-4-5-11/h11H,4-8H2,1-3H3,(H,14,15). The molecule has 1 aliphatic rings. The van der Waals surface area contributed by atoms with Crippen LogP contribution in [-0.2, 0) is 4.74 Å². The van der Waals surface area contributed by atoms with E-state index in [4.69, 9.17) is 4.74 Å². The Labute approximate surface area is 108 Å². The molecule has 0 bridgehead atoms. The highest BCUT2D eigenvalue weighted by atomic mass is 16.5. The van der Waals surface area contributed by atoms with Crippen molar-refractivity contribution in [2.45, 2.75) is 26.7 Å². The fourth-order valence-electron chi connectivity index (χ4n) is 1.89. The molecule has 1 heterocycles. The minimum absolute atomic E-state index is 0.00812. The van der Waals surface area contributed by atoms with Gasteiger partial charge in [0.25, 0.3) is 5.91 Å². The number of aryl methyl sites for hydroxylation is 2. The van der Waals surface area contributed by atoms with E-state index < -0.39 is 0 Å². The van der Waals surface area contributed by atoms with Crippen LogP contribution >= 0.6 is 0 Å². The Morgan fingerprint density at radius 3 is 2.78 bits per heavy atom. The predicted octanol–water partition coefficient (Wildman–Crippen LogP) is 1.53. The first-order valence-electron chi connectivity index (χ1n) is 6.44. The fourth-order valence-corrected chi connectivity index (χ4v) is 1.89. The third-order valence-electron chi connectivity index (χ3n) is 3.31. The first-order valence-corrected chi connectivity index (χ1v) is 6.44. The summed E-state index contributed by atoms with van der Waals surface area (Å²) < 4.78 is 5.54. The van der Waals surface area contributed by atoms with Crippen LogP contribution < -0.4 is 0 Å². The molecular weight excluding hydrogens is 230 g/mol. The van der Waals surface area contributed by atoms with Crippen LogP contribution in [0.4, 0.5) is 0 Å². The van der Waals surface area contributed by atoms with Crippen molar-refractivity contribution in [3.63, 3.8) is 0 Å². The number of hydrogen-bond donors (Lipinski definition) is 1. The van der Waals surface area contributed by atoms with Crippen LogP contribution in [0.3, 0.4) is 0 Å². The number of aromatic amines is 1. The van der Waals surface area contributed by atoms with Crippen LogP contribution in [0.15, 0.2) is 0 Å². The fraction of sp³-hybridized carbons (Fsp3) is 0.692. The van der Waals surface area contributed by atoms with Gasteiger partial charge in [0.2, 0.25) is 0 Å². The van der Waals surface area contributed by atoms with Crippen LogP contribution in [-0.4, -0.2) is 47.8 Å². The van der Waals surface area contributed by atoms with E-state index in [1.807, 2.05) is 13.8 Å². The normalized spacial score (nSPS) is 14.8. The molecule has 5 heteroatoms. The number of carbonyl (C=O) groups is 1. The second kappa shape index (κ2) is 5.52. The Bertz CT molecular complexity index is 404. The number of carbonyl (C=O) groups excluding carboxylic acids is 1. The lowest BCUT2D eigenvalue weighted by molar-refractivity contribution is 0.0680. The molecule has 1 aromatic heterocycles. The van der Waals surface area contributed by atoms with Gasteiger partial charge in [-0.15, -0.1) is 0 Å².